The van der Waals surface area contributed by atoms with E-state index in [-0.39, 0.29) is 60.1 Å². The number of hydrogen-bond acceptors (Lipinski definition) is 7. The van der Waals surface area contributed by atoms with Crippen molar-refractivity contribution >= 4 is 33.3 Å². The Hall–Kier alpha value is -3.33. The van der Waals surface area contributed by atoms with Crippen LogP contribution >= 0.6 is 0 Å². The molecule has 1 amide bonds. The first-order valence-electron chi connectivity index (χ1n) is 10.1. The van der Waals surface area contributed by atoms with Crippen LogP contribution in [0.15, 0.2) is 42.5 Å². The molecule has 2 aromatic carbocycles. The zero-order valence-electron chi connectivity index (χ0n) is 17.4. The van der Waals surface area contributed by atoms with Gasteiger partial charge >= 0.3 is 5.97 Å². The third-order valence-corrected chi connectivity index (χ3v) is 8.08. The molecule has 0 bridgehead atoms. The van der Waals surface area contributed by atoms with Gasteiger partial charge in [0.15, 0.2) is 21.4 Å². The smallest absolute Gasteiger partial charge is 0.320 e. The summed E-state index contributed by atoms with van der Waals surface area (Å²) in [6.07, 6.45) is 0.418. The van der Waals surface area contributed by atoms with Crippen LogP contribution in [-0.4, -0.2) is 68.0 Å². The largest absolute Gasteiger partial charge is 0.468 e. The zero-order chi connectivity index (χ0) is 23.0. The Labute approximate surface area is 185 Å². The Morgan fingerprint density at radius 3 is 2.09 bits per heavy atom. The van der Waals surface area contributed by atoms with Crippen molar-refractivity contribution in [2.45, 2.75) is 18.1 Å². The number of ether oxygens (including phenoxy) is 1. The number of likely N-dealkylation sites (tertiary alicyclic amines) is 1. The SMILES string of the molecule is COC(=O)CS(=O)(=O)C1CCN(C(=O)c2ccc3c(c2)C(=O)c2ccccc2C3=O)CC1. The van der Waals surface area contributed by atoms with E-state index in [1.165, 1.54) is 23.1 Å². The molecular weight excluding hydrogens is 434 g/mol. The average molecular weight is 455 g/mol. The molecule has 8 nitrogen and oxygen atoms in total. The van der Waals surface area contributed by atoms with Crippen molar-refractivity contribution in [3.05, 3.63) is 70.3 Å². The van der Waals surface area contributed by atoms with Crippen LogP contribution in [0.3, 0.4) is 0 Å². The maximum atomic E-state index is 13.0. The van der Waals surface area contributed by atoms with E-state index in [1.54, 1.807) is 24.3 Å². The molecule has 0 N–H and O–H groups in total. The number of benzene rings is 2. The summed E-state index contributed by atoms with van der Waals surface area (Å²) in [6, 6.07) is 11.0. The normalized spacial score (nSPS) is 16.3. The summed E-state index contributed by atoms with van der Waals surface area (Å²) in [7, 11) is -2.52. The van der Waals surface area contributed by atoms with Crippen LogP contribution < -0.4 is 0 Å². The zero-order valence-corrected chi connectivity index (χ0v) is 18.2. The fourth-order valence-corrected chi connectivity index (χ4v) is 5.79. The Morgan fingerprint density at radius 1 is 0.938 bits per heavy atom. The molecular formula is C23H21NO7S. The third-order valence-electron chi connectivity index (χ3n) is 5.96. The van der Waals surface area contributed by atoms with E-state index in [9.17, 15) is 27.6 Å². The molecule has 1 fully saturated rings. The minimum absolute atomic E-state index is 0.190. The minimum Gasteiger partial charge on any atom is -0.468 e. The van der Waals surface area contributed by atoms with Gasteiger partial charge in [0, 0.05) is 40.9 Å². The summed E-state index contributed by atoms with van der Waals surface area (Å²) in [6.45, 7) is 0.410. The summed E-state index contributed by atoms with van der Waals surface area (Å²) in [5.74, 6) is -2.39. The fourth-order valence-electron chi connectivity index (χ4n) is 4.17. The van der Waals surface area contributed by atoms with Crippen LogP contribution in [-0.2, 0) is 19.4 Å². The van der Waals surface area contributed by atoms with Gasteiger partial charge in [-0.05, 0) is 31.0 Å². The predicted molar refractivity (Wildman–Crippen MR) is 114 cm³/mol. The van der Waals surface area contributed by atoms with Gasteiger partial charge in [-0.2, -0.15) is 0 Å². The minimum atomic E-state index is -3.66. The topological polar surface area (TPSA) is 115 Å². The molecule has 166 valence electrons. The molecule has 4 rings (SSSR count). The van der Waals surface area contributed by atoms with E-state index >= 15 is 0 Å². The number of sulfone groups is 1. The molecule has 0 saturated carbocycles. The van der Waals surface area contributed by atoms with E-state index < -0.39 is 26.8 Å². The lowest BCUT2D eigenvalue weighted by Crippen LogP contribution is -2.43. The van der Waals surface area contributed by atoms with Crippen LogP contribution in [0, 0.1) is 0 Å². The molecule has 1 aliphatic carbocycles. The molecule has 2 aromatic rings. The van der Waals surface area contributed by atoms with Crippen molar-refractivity contribution in [2.24, 2.45) is 0 Å². The first kappa shape index (κ1) is 21.9. The Balaban J connectivity index is 1.51. The van der Waals surface area contributed by atoms with Crippen molar-refractivity contribution in [3.63, 3.8) is 0 Å². The maximum absolute atomic E-state index is 13.0. The van der Waals surface area contributed by atoms with Gasteiger partial charge in [0.05, 0.1) is 12.4 Å². The van der Waals surface area contributed by atoms with Crippen LogP contribution in [0.4, 0.5) is 0 Å². The van der Waals surface area contributed by atoms with E-state index in [0.29, 0.717) is 11.1 Å². The highest BCUT2D eigenvalue weighted by Crippen LogP contribution is 2.29. The lowest BCUT2D eigenvalue weighted by molar-refractivity contribution is -0.137. The van der Waals surface area contributed by atoms with E-state index in [1.807, 2.05) is 0 Å². The quantitative estimate of drug-likeness (QED) is 0.550. The predicted octanol–water partition coefficient (Wildman–Crippen LogP) is 1.65. The van der Waals surface area contributed by atoms with Gasteiger partial charge in [0.25, 0.3) is 5.91 Å². The monoisotopic (exact) mass is 455 g/mol. The Kier molecular flexibility index (Phi) is 5.68. The van der Waals surface area contributed by atoms with Crippen LogP contribution in [0.2, 0.25) is 0 Å². The van der Waals surface area contributed by atoms with Gasteiger partial charge in [-0.1, -0.05) is 24.3 Å². The van der Waals surface area contributed by atoms with Crippen molar-refractivity contribution < 1.29 is 32.3 Å². The molecule has 0 atom stereocenters. The Bertz CT molecular complexity index is 1240. The second-order valence-electron chi connectivity index (χ2n) is 7.84. The first-order valence-corrected chi connectivity index (χ1v) is 11.8. The molecule has 1 heterocycles. The summed E-state index contributed by atoms with van der Waals surface area (Å²) in [5, 5.41) is -0.718. The van der Waals surface area contributed by atoms with Gasteiger partial charge in [0.2, 0.25) is 0 Å². The number of ketones is 2. The lowest BCUT2D eigenvalue weighted by atomic mass is 9.83. The molecule has 9 heteroatoms. The van der Waals surface area contributed by atoms with E-state index in [0.717, 1.165) is 7.11 Å². The van der Waals surface area contributed by atoms with Gasteiger partial charge in [0.1, 0.15) is 5.75 Å². The molecule has 0 aromatic heterocycles. The second kappa shape index (κ2) is 8.31. The number of rotatable bonds is 4. The summed E-state index contributed by atoms with van der Waals surface area (Å²) in [5.41, 5.74) is 1.37. The highest BCUT2D eigenvalue weighted by atomic mass is 32.2. The number of carbonyl (C=O) groups is 4. The van der Waals surface area contributed by atoms with Crippen LogP contribution in [0.5, 0.6) is 0 Å². The number of carbonyl (C=O) groups excluding carboxylic acids is 4. The Morgan fingerprint density at radius 2 is 1.50 bits per heavy atom. The van der Waals surface area contributed by atoms with Crippen molar-refractivity contribution in [2.75, 3.05) is 26.0 Å². The molecule has 1 aliphatic heterocycles. The summed E-state index contributed by atoms with van der Waals surface area (Å²) in [4.78, 5) is 51.5. The van der Waals surface area contributed by atoms with Crippen molar-refractivity contribution in [3.8, 4) is 0 Å². The van der Waals surface area contributed by atoms with Gasteiger partial charge < -0.3 is 9.64 Å². The number of amides is 1. The summed E-state index contributed by atoms with van der Waals surface area (Å²) >= 11 is 0. The number of hydrogen-bond donors (Lipinski definition) is 0. The first-order chi connectivity index (χ1) is 15.2. The molecule has 0 unspecified atom stereocenters. The lowest BCUT2D eigenvalue weighted by Gasteiger charge is -2.31. The van der Waals surface area contributed by atoms with Crippen molar-refractivity contribution in [1.29, 1.82) is 0 Å². The summed E-state index contributed by atoms with van der Waals surface area (Å²) < 4.78 is 29.2. The molecule has 32 heavy (non-hydrogen) atoms. The molecule has 0 radical (unpaired) electrons. The standard InChI is InChI=1S/C23H21NO7S/c1-31-20(25)13-32(29,30)15-8-10-24(11-9-15)23(28)14-6-7-18-19(12-14)22(27)17-5-3-2-4-16(17)21(18)26/h2-7,12,15H,8-11,13H2,1H3. The maximum Gasteiger partial charge on any atom is 0.320 e. The molecule has 2 aliphatic rings. The third kappa shape index (κ3) is 3.84. The van der Waals surface area contributed by atoms with Crippen LogP contribution in [0.1, 0.15) is 55.0 Å². The molecule has 0 spiro atoms. The number of methoxy groups -OCH3 is 1. The van der Waals surface area contributed by atoms with Gasteiger partial charge in [-0.25, -0.2) is 8.42 Å². The average Bonchev–Trinajstić information content (AvgIpc) is 2.81. The molecule has 1 saturated heterocycles. The van der Waals surface area contributed by atoms with Crippen molar-refractivity contribution in [1.82, 2.24) is 4.90 Å². The highest BCUT2D eigenvalue weighted by Gasteiger charge is 2.34. The van der Waals surface area contributed by atoms with E-state index in [2.05, 4.69) is 4.74 Å². The number of esters is 1. The van der Waals surface area contributed by atoms with Gasteiger partial charge in [-0.3, -0.25) is 19.2 Å². The number of piperidine rings is 1. The van der Waals surface area contributed by atoms with Gasteiger partial charge in [-0.15, -0.1) is 0 Å². The van der Waals surface area contributed by atoms with Crippen LogP contribution in [0.25, 0.3) is 0 Å². The fraction of sp³-hybridized carbons (Fsp3) is 0.304. The number of fused-ring (bicyclic) bond motifs is 2. The number of nitrogens with zero attached hydrogens (tertiary/aromatic N) is 1. The highest BCUT2D eigenvalue weighted by molar-refractivity contribution is 7.92. The van der Waals surface area contributed by atoms with E-state index in [4.69, 9.17) is 0 Å². The second-order valence-corrected chi connectivity index (χ2v) is 10.1.